The Morgan fingerprint density at radius 2 is 2.21 bits per heavy atom. The summed E-state index contributed by atoms with van der Waals surface area (Å²) in [6.45, 7) is 8.68. The van der Waals surface area contributed by atoms with Gasteiger partial charge in [0.05, 0.1) is 0 Å². The Balaban J connectivity index is 1.94. The van der Waals surface area contributed by atoms with Gasteiger partial charge >= 0.3 is 0 Å². The molecule has 106 valence electrons. The van der Waals surface area contributed by atoms with Crippen LogP contribution in [0.15, 0.2) is 18.3 Å². The molecular formula is C16H27N3. The van der Waals surface area contributed by atoms with Crippen LogP contribution in [0, 0.1) is 5.92 Å². The Morgan fingerprint density at radius 1 is 1.37 bits per heavy atom. The molecule has 0 atom stereocenters. The Labute approximate surface area is 117 Å². The van der Waals surface area contributed by atoms with Gasteiger partial charge in [-0.15, -0.1) is 0 Å². The van der Waals surface area contributed by atoms with Gasteiger partial charge in [0.1, 0.15) is 5.82 Å². The summed E-state index contributed by atoms with van der Waals surface area (Å²) in [4.78, 5) is 6.97. The van der Waals surface area contributed by atoms with Crippen molar-refractivity contribution in [3.63, 3.8) is 0 Å². The molecule has 1 fully saturated rings. The Bertz CT molecular complexity index is 374. The molecule has 0 unspecified atom stereocenters. The molecule has 2 rings (SSSR count). The van der Waals surface area contributed by atoms with Crippen LogP contribution in [0.1, 0.15) is 45.1 Å². The zero-order valence-electron chi connectivity index (χ0n) is 12.4. The van der Waals surface area contributed by atoms with Crippen molar-refractivity contribution in [2.75, 3.05) is 24.5 Å². The van der Waals surface area contributed by atoms with Gasteiger partial charge < -0.3 is 10.2 Å². The van der Waals surface area contributed by atoms with Gasteiger partial charge in [-0.1, -0.05) is 13.3 Å². The summed E-state index contributed by atoms with van der Waals surface area (Å²) in [7, 11) is 0. The summed E-state index contributed by atoms with van der Waals surface area (Å²) < 4.78 is 0. The van der Waals surface area contributed by atoms with Crippen molar-refractivity contribution in [3.8, 4) is 0 Å². The minimum absolute atomic E-state index is 0.892. The number of anilines is 1. The average Bonchev–Trinajstić information content (AvgIpc) is 2.38. The highest BCUT2D eigenvalue weighted by molar-refractivity contribution is 5.41. The predicted molar refractivity (Wildman–Crippen MR) is 81.5 cm³/mol. The smallest absolute Gasteiger partial charge is 0.128 e. The first-order chi connectivity index (χ1) is 9.33. The molecule has 19 heavy (non-hydrogen) atoms. The van der Waals surface area contributed by atoms with E-state index in [1.165, 1.54) is 37.8 Å². The van der Waals surface area contributed by atoms with Gasteiger partial charge in [0.15, 0.2) is 0 Å². The first kappa shape index (κ1) is 14.3. The second-order valence-electron chi connectivity index (χ2n) is 5.53. The van der Waals surface area contributed by atoms with E-state index in [4.69, 9.17) is 0 Å². The van der Waals surface area contributed by atoms with E-state index in [2.05, 4.69) is 41.2 Å². The van der Waals surface area contributed by atoms with E-state index in [-0.39, 0.29) is 0 Å². The van der Waals surface area contributed by atoms with Crippen molar-refractivity contribution in [2.24, 2.45) is 5.92 Å². The Hall–Kier alpha value is -1.09. The lowest BCUT2D eigenvalue weighted by molar-refractivity contribution is 0.318. The van der Waals surface area contributed by atoms with Crippen LogP contribution in [0.2, 0.25) is 0 Å². The maximum absolute atomic E-state index is 4.55. The number of aromatic nitrogens is 1. The van der Waals surface area contributed by atoms with Crippen molar-refractivity contribution < 1.29 is 0 Å². The highest BCUT2D eigenvalue weighted by Gasteiger charge is 2.20. The van der Waals surface area contributed by atoms with Gasteiger partial charge in [-0.2, -0.15) is 0 Å². The summed E-state index contributed by atoms with van der Waals surface area (Å²) in [5.41, 5.74) is 1.34. The molecule has 0 aromatic carbocycles. The standard InChI is InChI=1S/C16H27N3/c1-3-9-17-12-15-8-10-18-16(11-15)19(4-2)13-14-6-5-7-14/h8,10-11,14,17H,3-7,9,12-13H2,1-2H3. The molecule has 1 heterocycles. The lowest BCUT2D eigenvalue weighted by atomic mass is 9.85. The molecule has 1 aliphatic rings. The van der Waals surface area contributed by atoms with Crippen molar-refractivity contribution in [1.82, 2.24) is 10.3 Å². The molecule has 0 bridgehead atoms. The number of hydrogen-bond acceptors (Lipinski definition) is 3. The molecule has 3 heteroatoms. The fourth-order valence-electron chi connectivity index (χ4n) is 2.52. The average molecular weight is 261 g/mol. The third-order valence-electron chi connectivity index (χ3n) is 3.97. The lowest BCUT2D eigenvalue weighted by Crippen LogP contribution is -2.33. The van der Waals surface area contributed by atoms with Gasteiger partial charge in [-0.05, 0) is 56.3 Å². The summed E-state index contributed by atoms with van der Waals surface area (Å²) in [5.74, 6) is 2.04. The molecule has 1 saturated carbocycles. The third-order valence-corrected chi connectivity index (χ3v) is 3.97. The second-order valence-corrected chi connectivity index (χ2v) is 5.53. The first-order valence-corrected chi connectivity index (χ1v) is 7.74. The fraction of sp³-hybridized carbons (Fsp3) is 0.688. The Morgan fingerprint density at radius 3 is 2.84 bits per heavy atom. The monoisotopic (exact) mass is 261 g/mol. The number of hydrogen-bond donors (Lipinski definition) is 1. The molecule has 0 spiro atoms. The molecule has 1 aromatic rings. The van der Waals surface area contributed by atoms with Gasteiger partial charge in [0.25, 0.3) is 0 Å². The topological polar surface area (TPSA) is 28.2 Å². The van der Waals surface area contributed by atoms with E-state index < -0.39 is 0 Å². The predicted octanol–water partition coefficient (Wildman–Crippen LogP) is 3.21. The lowest BCUT2D eigenvalue weighted by Gasteiger charge is -2.32. The molecule has 0 saturated heterocycles. The molecule has 0 aliphatic heterocycles. The Kier molecular flexibility index (Phi) is 5.64. The van der Waals surface area contributed by atoms with E-state index in [1.807, 2.05) is 6.20 Å². The molecule has 1 N–H and O–H groups in total. The maximum atomic E-state index is 4.55. The van der Waals surface area contributed by atoms with Gasteiger partial charge in [0.2, 0.25) is 0 Å². The largest absolute Gasteiger partial charge is 0.357 e. The van der Waals surface area contributed by atoms with Crippen LogP contribution < -0.4 is 10.2 Å². The highest BCUT2D eigenvalue weighted by atomic mass is 15.2. The van der Waals surface area contributed by atoms with Crippen molar-refractivity contribution in [2.45, 2.75) is 46.1 Å². The summed E-state index contributed by atoms with van der Waals surface area (Å²) >= 11 is 0. The quantitative estimate of drug-likeness (QED) is 0.728. The van der Waals surface area contributed by atoms with Crippen LogP contribution in [0.25, 0.3) is 0 Å². The van der Waals surface area contributed by atoms with Crippen LogP contribution in [0.3, 0.4) is 0 Å². The summed E-state index contributed by atoms with van der Waals surface area (Å²) in [6, 6.07) is 4.36. The van der Waals surface area contributed by atoms with E-state index in [9.17, 15) is 0 Å². The minimum atomic E-state index is 0.892. The zero-order chi connectivity index (χ0) is 13.5. The molecule has 1 aliphatic carbocycles. The highest BCUT2D eigenvalue weighted by Crippen LogP contribution is 2.28. The molecule has 1 aromatic heterocycles. The van der Waals surface area contributed by atoms with Gasteiger partial charge in [-0.25, -0.2) is 4.98 Å². The zero-order valence-corrected chi connectivity index (χ0v) is 12.4. The van der Waals surface area contributed by atoms with Crippen LogP contribution in [0.4, 0.5) is 5.82 Å². The van der Waals surface area contributed by atoms with E-state index in [0.717, 1.165) is 31.4 Å². The van der Waals surface area contributed by atoms with E-state index >= 15 is 0 Å². The minimum Gasteiger partial charge on any atom is -0.357 e. The maximum Gasteiger partial charge on any atom is 0.128 e. The van der Waals surface area contributed by atoms with Crippen molar-refractivity contribution >= 4 is 5.82 Å². The van der Waals surface area contributed by atoms with Crippen LogP contribution in [-0.2, 0) is 6.54 Å². The first-order valence-electron chi connectivity index (χ1n) is 7.74. The molecular weight excluding hydrogens is 234 g/mol. The van der Waals surface area contributed by atoms with Gasteiger partial charge in [0, 0.05) is 25.8 Å². The normalized spacial score (nSPS) is 15.3. The van der Waals surface area contributed by atoms with E-state index in [1.54, 1.807) is 0 Å². The fourth-order valence-corrected chi connectivity index (χ4v) is 2.52. The summed E-state index contributed by atoms with van der Waals surface area (Å²) in [5, 5.41) is 3.45. The SMILES string of the molecule is CCCNCc1ccnc(N(CC)CC2CCC2)c1. The summed E-state index contributed by atoms with van der Waals surface area (Å²) in [6.07, 6.45) is 7.33. The third kappa shape index (κ3) is 4.20. The van der Waals surface area contributed by atoms with Crippen molar-refractivity contribution in [3.05, 3.63) is 23.9 Å². The molecule has 0 radical (unpaired) electrons. The second kappa shape index (κ2) is 7.49. The number of pyridine rings is 1. The van der Waals surface area contributed by atoms with Gasteiger partial charge in [-0.3, -0.25) is 0 Å². The van der Waals surface area contributed by atoms with Crippen molar-refractivity contribution in [1.29, 1.82) is 0 Å². The molecule has 3 nitrogen and oxygen atoms in total. The van der Waals surface area contributed by atoms with Crippen LogP contribution >= 0.6 is 0 Å². The molecule has 0 amide bonds. The van der Waals surface area contributed by atoms with Crippen LogP contribution in [0.5, 0.6) is 0 Å². The number of nitrogens with zero attached hydrogens (tertiary/aromatic N) is 2. The van der Waals surface area contributed by atoms with Crippen LogP contribution in [-0.4, -0.2) is 24.6 Å². The number of rotatable bonds is 8. The van der Waals surface area contributed by atoms with E-state index in [0.29, 0.717) is 0 Å². The number of nitrogens with one attached hydrogen (secondary N) is 1.